The topological polar surface area (TPSA) is 66.6 Å². The van der Waals surface area contributed by atoms with E-state index in [1.54, 1.807) is 0 Å². The van der Waals surface area contributed by atoms with Crippen molar-refractivity contribution in [1.29, 1.82) is 0 Å². The third-order valence-electron chi connectivity index (χ3n) is 6.27. The molecular weight excluding hydrogens is 425 g/mol. The maximum absolute atomic E-state index is 13.0. The Kier molecular flexibility index (Phi) is 6.27. The summed E-state index contributed by atoms with van der Waals surface area (Å²) < 4.78 is 40.6. The van der Waals surface area contributed by atoms with Gasteiger partial charge < -0.3 is 9.80 Å². The van der Waals surface area contributed by atoms with E-state index in [2.05, 4.69) is 22.1 Å². The molecule has 0 saturated carbocycles. The van der Waals surface area contributed by atoms with Crippen molar-refractivity contribution < 1.29 is 18.0 Å². The van der Waals surface area contributed by atoms with Crippen LogP contribution < -0.4 is 10.6 Å². The van der Waals surface area contributed by atoms with Gasteiger partial charge in [0.15, 0.2) is 0 Å². The van der Waals surface area contributed by atoms with E-state index in [0.717, 1.165) is 30.5 Å². The van der Waals surface area contributed by atoms with E-state index in [9.17, 15) is 22.8 Å². The Morgan fingerprint density at radius 3 is 2.22 bits per heavy atom. The van der Waals surface area contributed by atoms with E-state index in [4.69, 9.17) is 0 Å². The normalized spacial score (nSPS) is 18.9. The lowest BCUT2D eigenvalue weighted by atomic mass is 10.1. The van der Waals surface area contributed by atoms with Crippen LogP contribution in [0.15, 0.2) is 35.1 Å². The Morgan fingerprint density at radius 2 is 1.66 bits per heavy atom. The fraction of sp³-hybridized carbons (Fsp3) is 0.571. The molecule has 2 aromatic rings. The number of nitrogens with zero attached hydrogens (tertiary/aromatic N) is 6. The van der Waals surface area contributed by atoms with Crippen LogP contribution in [-0.4, -0.2) is 75.9 Å². The third-order valence-corrected chi connectivity index (χ3v) is 6.27. The number of rotatable bonds is 4. The summed E-state index contributed by atoms with van der Waals surface area (Å²) in [5.74, 6) is -1.12. The number of hydrogen-bond acceptors (Lipinski definition) is 5. The van der Waals surface area contributed by atoms with Gasteiger partial charge in [-0.1, -0.05) is 18.2 Å². The van der Waals surface area contributed by atoms with E-state index in [1.165, 1.54) is 0 Å². The van der Waals surface area contributed by atoms with Crippen LogP contribution >= 0.6 is 0 Å². The molecule has 0 aliphatic carbocycles. The molecule has 0 spiro atoms. The van der Waals surface area contributed by atoms with Gasteiger partial charge in [0.1, 0.15) is 0 Å². The molecule has 2 fully saturated rings. The highest BCUT2D eigenvalue weighted by Gasteiger charge is 2.39. The summed E-state index contributed by atoms with van der Waals surface area (Å²) in [5, 5.41) is 3.54. The van der Waals surface area contributed by atoms with Crippen molar-refractivity contribution in [3.05, 3.63) is 46.6 Å². The number of carbonyl (C=O) groups excluding carboxylic acids is 1. The minimum absolute atomic E-state index is 0.0607. The maximum atomic E-state index is 13.0. The van der Waals surface area contributed by atoms with Gasteiger partial charge in [-0.05, 0) is 25.0 Å². The number of hydrogen-bond donors (Lipinski definition) is 0. The molecule has 11 heteroatoms. The van der Waals surface area contributed by atoms with Crippen molar-refractivity contribution in [3.8, 4) is 0 Å². The molecule has 32 heavy (non-hydrogen) atoms. The number of likely N-dealkylation sites (tertiary alicyclic amines) is 1. The lowest BCUT2D eigenvalue weighted by Crippen LogP contribution is -2.52. The lowest BCUT2D eigenvalue weighted by Gasteiger charge is -2.38. The molecule has 8 nitrogen and oxygen atoms in total. The molecule has 174 valence electrons. The van der Waals surface area contributed by atoms with Gasteiger partial charge in [0.25, 0.3) is 0 Å². The third kappa shape index (κ3) is 4.67. The van der Waals surface area contributed by atoms with Crippen LogP contribution in [0.5, 0.6) is 0 Å². The van der Waals surface area contributed by atoms with Crippen LogP contribution in [0.3, 0.4) is 0 Å². The van der Waals surface area contributed by atoms with Crippen molar-refractivity contribution in [2.24, 2.45) is 7.05 Å². The van der Waals surface area contributed by atoms with Crippen LogP contribution in [-0.2, 0) is 18.0 Å². The Hall–Kier alpha value is -2.82. The molecule has 0 bridgehead atoms. The summed E-state index contributed by atoms with van der Waals surface area (Å²) in [6.45, 7) is 4.23. The fourth-order valence-corrected chi connectivity index (χ4v) is 4.41. The van der Waals surface area contributed by atoms with Gasteiger partial charge in [0, 0.05) is 52.0 Å². The van der Waals surface area contributed by atoms with Crippen molar-refractivity contribution in [2.45, 2.75) is 25.1 Å². The number of amides is 1. The molecule has 1 aromatic heterocycles. The first-order valence-corrected chi connectivity index (χ1v) is 10.8. The minimum Gasteiger partial charge on any atom is -0.368 e. The molecule has 2 aliphatic heterocycles. The molecule has 0 unspecified atom stereocenters. The molecule has 1 amide bonds. The van der Waals surface area contributed by atoms with E-state index in [-0.39, 0.29) is 12.5 Å². The number of aromatic nitrogens is 3. The number of alkyl halides is 3. The average Bonchev–Trinajstić information content (AvgIpc) is 3.10. The predicted molar refractivity (Wildman–Crippen MR) is 112 cm³/mol. The van der Waals surface area contributed by atoms with Crippen LogP contribution in [0.1, 0.15) is 24.7 Å². The zero-order chi connectivity index (χ0) is 22.9. The van der Waals surface area contributed by atoms with Gasteiger partial charge in [-0.2, -0.15) is 13.2 Å². The fourth-order valence-electron chi connectivity index (χ4n) is 4.41. The van der Waals surface area contributed by atoms with E-state index in [0.29, 0.717) is 43.6 Å². The first kappa shape index (κ1) is 22.4. The highest BCUT2D eigenvalue weighted by atomic mass is 19.4. The number of anilines is 1. The first-order chi connectivity index (χ1) is 15.2. The summed E-state index contributed by atoms with van der Waals surface area (Å²) in [4.78, 5) is 31.1. The van der Waals surface area contributed by atoms with Crippen LogP contribution in [0.25, 0.3) is 0 Å². The van der Waals surface area contributed by atoms with Gasteiger partial charge in [-0.15, -0.1) is 5.10 Å². The second kappa shape index (κ2) is 8.97. The molecule has 2 aliphatic rings. The Morgan fingerprint density at radius 1 is 1.03 bits per heavy atom. The molecule has 4 rings (SSSR count). The monoisotopic (exact) mass is 452 g/mol. The van der Waals surface area contributed by atoms with E-state index >= 15 is 0 Å². The number of halogens is 3. The lowest BCUT2D eigenvalue weighted by molar-refractivity contribution is -0.147. The number of piperazine rings is 1. The predicted octanol–water partition coefficient (Wildman–Crippen LogP) is 1.59. The minimum atomic E-state index is -4.67. The highest BCUT2D eigenvalue weighted by Crippen LogP contribution is 2.28. The van der Waals surface area contributed by atoms with Gasteiger partial charge in [-0.3, -0.25) is 14.3 Å². The standard InChI is InChI=1S/C21H27F3N6O2/c1-26-19(21(22,23)24)25-30(20(26)32)17-7-9-27(10-8-17)15-18(31)29-13-11-28(12-14-29)16-5-3-2-4-6-16/h2-6,17H,7-15H2,1H3. The molecule has 0 N–H and O–H groups in total. The van der Waals surface area contributed by atoms with Crippen molar-refractivity contribution in [1.82, 2.24) is 24.1 Å². The maximum Gasteiger partial charge on any atom is 0.451 e. The van der Waals surface area contributed by atoms with Gasteiger partial charge in [0.2, 0.25) is 11.7 Å². The highest BCUT2D eigenvalue weighted by molar-refractivity contribution is 5.78. The summed E-state index contributed by atoms with van der Waals surface area (Å²) in [6.07, 6.45) is -3.72. The Labute approximate surface area is 183 Å². The number of benzene rings is 1. The molecule has 2 saturated heterocycles. The molecule has 1 aromatic carbocycles. The molecule has 3 heterocycles. The van der Waals surface area contributed by atoms with E-state index in [1.807, 2.05) is 28.0 Å². The average molecular weight is 452 g/mol. The largest absolute Gasteiger partial charge is 0.451 e. The molecule has 0 atom stereocenters. The second-order valence-electron chi connectivity index (χ2n) is 8.32. The van der Waals surface area contributed by atoms with Crippen LogP contribution in [0.4, 0.5) is 18.9 Å². The summed E-state index contributed by atoms with van der Waals surface area (Å²) in [5.41, 5.74) is 0.392. The second-order valence-corrected chi connectivity index (χ2v) is 8.32. The SMILES string of the molecule is Cn1c(C(F)(F)F)nn(C2CCN(CC(=O)N3CCN(c4ccccc4)CC3)CC2)c1=O. The van der Waals surface area contributed by atoms with Gasteiger partial charge >= 0.3 is 11.9 Å². The van der Waals surface area contributed by atoms with Gasteiger partial charge in [-0.25, -0.2) is 9.48 Å². The quantitative estimate of drug-likeness (QED) is 0.705. The Bertz CT molecular complexity index is 987. The number of piperidine rings is 1. The van der Waals surface area contributed by atoms with Crippen LogP contribution in [0, 0.1) is 0 Å². The zero-order valence-corrected chi connectivity index (χ0v) is 18.0. The molecule has 0 radical (unpaired) electrons. The summed E-state index contributed by atoms with van der Waals surface area (Å²) in [6, 6.07) is 9.70. The zero-order valence-electron chi connectivity index (χ0n) is 18.0. The molecular formula is C21H27F3N6O2. The van der Waals surface area contributed by atoms with Crippen molar-refractivity contribution in [3.63, 3.8) is 0 Å². The smallest absolute Gasteiger partial charge is 0.368 e. The van der Waals surface area contributed by atoms with Crippen LogP contribution in [0.2, 0.25) is 0 Å². The van der Waals surface area contributed by atoms with E-state index < -0.39 is 23.7 Å². The van der Waals surface area contributed by atoms with Crippen molar-refractivity contribution >= 4 is 11.6 Å². The van der Waals surface area contributed by atoms with Gasteiger partial charge in [0.05, 0.1) is 12.6 Å². The summed E-state index contributed by atoms with van der Waals surface area (Å²) in [7, 11) is 1.08. The van der Waals surface area contributed by atoms with Crippen molar-refractivity contribution in [2.75, 3.05) is 50.7 Å². The summed E-state index contributed by atoms with van der Waals surface area (Å²) >= 11 is 0. The number of para-hydroxylation sites is 1. The number of carbonyl (C=O) groups is 1. The first-order valence-electron chi connectivity index (χ1n) is 10.8. The Balaban J connectivity index is 1.28.